The Hall–Kier alpha value is -7.62. The topological polar surface area (TPSA) is 29.5 Å². The van der Waals surface area contributed by atoms with E-state index in [2.05, 4.69) is 199 Å². The maximum Gasteiger partial charge on any atom is 0.143 e. The number of hydrogen-bond acceptors (Lipinski definition) is 3. The lowest BCUT2D eigenvalue weighted by Gasteiger charge is -2.26. The van der Waals surface area contributed by atoms with E-state index in [4.69, 9.17) is 8.83 Å². The van der Waals surface area contributed by atoms with Gasteiger partial charge in [0.2, 0.25) is 0 Å². The Morgan fingerprint density at radius 3 is 1.47 bits per heavy atom. The van der Waals surface area contributed by atoms with E-state index in [1.807, 2.05) is 18.2 Å². The van der Waals surface area contributed by atoms with E-state index in [-0.39, 0.29) is 0 Å². The average molecular weight is 730 g/mol. The Morgan fingerprint density at radius 2 is 0.789 bits per heavy atom. The highest BCUT2D eigenvalue weighted by Crippen LogP contribution is 2.44. The van der Waals surface area contributed by atoms with Crippen molar-refractivity contribution >= 4 is 60.9 Å². The minimum absolute atomic E-state index is 0.863. The molecule has 268 valence electrons. The van der Waals surface area contributed by atoms with Gasteiger partial charge in [0.25, 0.3) is 0 Å². The summed E-state index contributed by atoms with van der Waals surface area (Å²) in [6.45, 7) is 0. The molecule has 57 heavy (non-hydrogen) atoms. The van der Waals surface area contributed by atoms with E-state index in [1.54, 1.807) is 0 Å². The summed E-state index contributed by atoms with van der Waals surface area (Å²) >= 11 is 0. The quantitative estimate of drug-likeness (QED) is 0.164. The summed E-state index contributed by atoms with van der Waals surface area (Å²) in [6, 6.07) is 75.1. The number of nitrogens with zero attached hydrogens (tertiary/aromatic N) is 1. The molecule has 3 nitrogen and oxygen atoms in total. The molecular weight excluding hydrogens is 695 g/mol. The van der Waals surface area contributed by atoms with E-state index in [9.17, 15) is 0 Å². The van der Waals surface area contributed by atoms with Gasteiger partial charge in [-0.15, -0.1) is 0 Å². The molecule has 0 aliphatic heterocycles. The van der Waals surface area contributed by atoms with E-state index < -0.39 is 0 Å². The largest absolute Gasteiger partial charge is 0.456 e. The summed E-state index contributed by atoms with van der Waals surface area (Å²) in [7, 11) is 0. The fourth-order valence-corrected chi connectivity index (χ4v) is 8.28. The van der Waals surface area contributed by atoms with E-state index in [0.29, 0.717) is 0 Å². The molecule has 0 radical (unpaired) electrons. The Bertz CT molecular complexity index is 3200. The van der Waals surface area contributed by atoms with Crippen molar-refractivity contribution in [3.8, 4) is 44.5 Å². The lowest BCUT2D eigenvalue weighted by Crippen LogP contribution is -2.10. The first-order valence-corrected chi connectivity index (χ1v) is 19.3. The predicted molar refractivity (Wildman–Crippen MR) is 237 cm³/mol. The highest BCUT2D eigenvalue weighted by Gasteiger charge is 2.20. The number of rotatable bonds is 7. The molecule has 2 aromatic heterocycles. The van der Waals surface area contributed by atoms with Crippen molar-refractivity contribution in [3.05, 3.63) is 212 Å². The first kappa shape index (κ1) is 32.8. The van der Waals surface area contributed by atoms with Gasteiger partial charge in [0, 0.05) is 33.1 Å². The van der Waals surface area contributed by atoms with Crippen molar-refractivity contribution in [1.82, 2.24) is 0 Å². The Kier molecular flexibility index (Phi) is 7.82. The Labute approximate surface area is 330 Å². The summed E-state index contributed by atoms with van der Waals surface area (Å²) < 4.78 is 12.8. The summed E-state index contributed by atoms with van der Waals surface area (Å²) in [5.74, 6) is 0. The van der Waals surface area contributed by atoms with Gasteiger partial charge < -0.3 is 13.7 Å². The van der Waals surface area contributed by atoms with Crippen LogP contribution < -0.4 is 4.90 Å². The van der Waals surface area contributed by atoms with Crippen LogP contribution in [-0.4, -0.2) is 0 Å². The van der Waals surface area contributed by atoms with E-state index >= 15 is 0 Å². The summed E-state index contributed by atoms with van der Waals surface area (Å²) in [4.78, 5) is 2.34. The van der Waals surface area contributed by atoms with Crippen molar-refractivity contribution in [2.75, 3.05) is 4.90 Å². The van der Waals surface area contributed by atoms with Gasteiger partial charge >= 0.3 is 0 Å². The zero-order chi connectivity index (χ0) is 37.7. The van der Waals surface area contributed by atoms with Gasteiger partial charge in [-0.25, -0.2) is 0 Å². The van der Waals surface area contributed by atoms with Crippen molar-refractivity contribution in [2.45, 2.75) is 0 Å². The molecule has 0 saturated carbocycles. The van der Waals surface area contributed by atoms with Crippen LogP contribution in [0, 0.1) is 0 Å². The third-order valence-electron chi connectivity index (χ3n) is 11.1. The first-order valence-electron chi connectivity index (χ1n) is 19.3. The zero-order valence-electron chi connectivity index (χ0n) is 31.0. The van der Waals surface area contributed by atoms with Crippen LogP contribution >= 0.6 is 0 Å². The molecule has 0 aliphatic rings. The molecule has 11 aromatic rings. The van der Waals surface area contributed by atoms with Gasteiger partial charge in [0.1, 0.15) is 22.3 Å². The number of benzene rings is 9. The second kappa shape index (κ2) is 13.6. The molecular formula is C54H35NO2. The molecule has 0 atom stereocenters. The van der Waals surface area contributed by atoms with Crippen LogP contribution in [0.3, 0.4) is 0 Å². The van der Waals surface area contributed by atoms with Gasteiger partial charge in [0.05, 0.1) is 11.1 Å². The number of fused-ring (bicyclic) bond motifs is 6. The molecule has 0 fully saturated rings. The van der Waals surface area contributed by atoms with Gasteiger partial charge in [-0.3, -0.25) is 0 Å². The SMILES string of the molecule is c1ccc(-c2ccc(-c3ccc(N(c4ccc(-c5ccc6oc7c(-c8ccccc8)cccc7c6c5)cc4)c4cccc5oc6ccccc6c45)cc3)cc2)cc1. The summed E-state index contributed by atoms with van der Waals surface area (Å²) in [5, 5.41) is 4.41. The van der Waals surface area contributed by atoms with Crippen molar-refractivity contribution in [2.24, 2.45) is 0 Å². The Balaban J connectivity index is 0.986. The fraction of sp³-hybridized carbons (Fsp3) is 0. The molecule has 0 N–H and O–H groups in total. The van der Waals surface area contributed by atoms with Crippen LogP contribution in [0.25, 0.3) is 88.4 Å². The normalized spacial score (nSPS) is 11.5. The third kappa shape index (κ3) is 5.76. The van der Waals surface area contributed by atoms with Gasteiger partial charge in [0.15, 0.2) is 0 Å². The van der Waals surface area contributed by atoms with Crippen molar-refractivity contribution in [1.29, 1.82) is 0 Å². The highest BCUT2D eigenvalue weighted by atomic mass is 16.3. The fourth-order valence-electron chi connectivity index (χ4n) is 8.28. The molecule has 0 saturated heterocycles. The van der Waals surface area contributed by atoms with Crippen molar-refractivity contribution < 1.29 is 8.83 Å². The van der Waals surface area contributed by atoms with Gasteiger partial charge in [-0.2, -0.15) is 0 Å². The van der Waals surface area contributed by atoms with Gasteiger partial charge in [-0.05, 0) is 93.5 Å². The van der Waals surface area contributed by atoms with Crippen LogP contribution in [0.4, 0.5) is 17.1 Å². The summed E-state index contributed by atoms with van der Waals surface area (Å²) in [5.41, 5.74) is 16.0. The molecule has 0 amide bonds. The lowest BCUT2D eigenvalue weighted by molar-refractivity contribution is 0.669. The highest BCUT2D eigenvalue weighted by molar-refractivity contribution is 6.13. The second-order valence-corrected chi connectivity index (χ2v) is 14.5. The number of furan rings is 2. The lowest BCUT2D eigenvalue weighted by atomic mass is 9.99. The monoisotopic (exact) mass is 729 g/mol. The third-order valence-corrected chi connectivity index (χ3v) is 11.1. The molecule has 0 aliphatic carbocycles. The van der Waals surface area contributed by atoms with Crippen LogP contribution in [0.2, 0.25) is 0 Å². The van der Waals surface area contributed by atoms with Crippen molar-refractivity contribution in [3.63, 3.8) is 0 Å². The minimum atomic E-state index is 0.863. The maximum atomic E-state index is 6.48. The molecule has 0 unspecified atom stereocenters. The summed E-state index contributed by atoms with van der Waals surface area (Å²) in [6.07, 6.45) is 0. The zero-order valence-corrected chi connectivity index (χ0v) is 31.0. The van der Waals surface area contributed by atoms with Crippen LogP contribution in [0.15, 0.2) is 221 Å². The van der Waals surface area contributed by atoms with Gasteiger partial charge in [-0.1, -0.05) is 158 Å². The minimum Gasteiger partial charge on any atom is -0.456 e. The molecule has 0 bridgehead atoms. The number of para-hydroxylation sites is 2. The smallest absolute Gasteiger partial charge is 0.143 e. The van der Waals surface area contributed by atoms with E-state index in [1.165, 1.54) is 22.3 Å². The molecule has 3 heteroatoms. The average Bonchev–Trinajstić information content (AvgIpc) is 3.86. The molecule has 2 heterocycles. The van der Waals surface area contributed by atoms with Crippen LogP contribution in [0.5, 0.6) is 0 Å². The Morgan fingerprint density at radius 1 is 0.298 bits per heavy atom. The van der Waals surface area contributed by atoms with Crippen LogP contribution in [-0.2, 0) is 0 Å². The molecule has 0 spiro atoms. The molecule has 11 rings (SSSR count). The standard InChI is InChI=1S/C54H35NO2/c1-3-11-36(12-4-1)37-21-23-38(24-22-37)39-25-30-43(31-26-39)55(49-18-10-20-52-53(49)47-15-7-8-19-50(47)56-52)44-32-27-40(28-33-44)42-29-34-51-48(35-42)46-17-9-16-45(54(46)57-51)41-13-5-2-6-14-41/h1-35H. The number of anilines is 3. The maximum absolute atomic E-state index is 6.48. The number of hydrogen-bond donors (Lipinski definition) is 0. The second-order valence-electron chi connectivity index (χ2n) is 14.5. The van der Waals surface area contributed by atoms with E-state index in [0.717, 1.165) is 83.2 Å². The van der Waals surface area contributed by atoms with Crippen LogP contribution in [0.1, 0.15) is 0 Å². The first-order chi connectivity index (χ1) is 28.2. The molecule has 9 aromatic carbocycles. The predicted octanol–water partition coefficient (Wildman–Crippen LogP) is 15.6.